The summed E-state index contributed by atoms with van der Waals surface area (Å²) in [4.78, 5) is 17.2. The molecule has 0 radical (unpaired) electrons. The molecule has 2 N–H and O–H groups in total. The van der Waals surface area contributed by atoms with Crippen LogP contribution in [0, 0.1) is 0 Å². The lowest BCUT2D eigenvalue weighted by Gasteiger charge is -2.08. The van der Waals surface area contributed by atoms with E-state index in [0.717, 1.165) is 36.3 Å². The molecule has 3 aromatic rings. The van der Waals surface area contributed by atoms with Gasteiger partial charge in [-0.25, -0.2) is 0 Å². The first-order valence-electron chi connectivity index (χ1n) is 9.38. The third-order valence-corrected chi connectivity index (χ3v) is 4.53. The lowest BCUT2D eigenvalue weighted by molar-refractivity contribution is 0.0949. The Balaban J connectivity index is 1.63. The van der Waals surface area contributed by atoms with E-state index in [4.69, 9.17) is 4.98 Å². The number of pyridine rings is 1. The molecular formula is C20H23N7O. The van der Waals surface area contributed by atoms with Gasteiger partial charge in [-0.15, -0.1) is 0 Å². The molecule has 0 atom stereocenters. The van der Waals surface area contributed by atoms with Gasteiger partial charge in [0.2, 0.25) is 0 Å². The van der Waals surface area contributed by atoms with Crippen molar-refractivity contribution in [2.45, 2.75) is 25.9 Å². The van der Waals surface area contributed by atoms with Gasteiger partial charge in [0, 0.05) is 38.1 Å². The second-order valence-corrected chi connectivity index (χ2v) is 6.73. The fraction of sp³-hybridized carbons (Fsp3) is 0.300. The fourth-order valence-electron chi connectivity index (χ4n) is 3.12. The second-order valence-electron chi connectivity index (χ2n) is 6.73. The van der Waals surface area contributed by atoms with Crippen LogP contribution in [0.5, 0.6) is 0 Å². The first kappa shape index (κ1) is 18.0. The van der Waals surface area contributed by atoms with Crippen LogP contribution < -0.4 is 10.6 Å². The molecule has 0 aromatic carbocycles. The standard InChI is InChI=1S/C20H23N7O/c1-26-14-18-19(25-26)20(28)21-9-4-2-3-5-10-27-13-15(11-23-27)17-8-6-7-16(24-17)12-22-18/h2-3,6-8,11,13-14,22H,4-5,9-10,12H2,1H3,(H,21,28)/b3-2-. The van der Waals surface area contributed by atoms with Crippen molar-refractivity contribution in [1.29, 1.82) is 0 Å². The summed E-state index contributed by atoms with van der Waals surface area (Å²) in [6.07, 6.45) is 11.5. The molecule has 4 bridgehead atoms. The van der Waals surface area contributed by atoms with E-state index in [1.807, 2.05) is 35.3 Å². The topological polar surface area (TPSA) is 89.7 Å². The number of allylic oxidation sites excluding steroid dienone is 1. The number of carbonyl (C=O) groups excluding carboxylic acids is 1. The number of amides is 1. The minimum atomic E-state index is -0.179. The van der Waals surface area contributed by atoms with Gasteiger partial charge in [-0.1, -0.05) is 18.2 Å². The summed E-state index contributed by atoms with van der Waals surface area (Å²) in [7, 11) is 1.80. The Hall–Kier alpha value is -3.42. The minimum Gasteiger partial charge on any atom is -0.376 e. The van der Waals surface area contributed by atoms with Gasteiger partial charge >= 0.3 is 0 Å². The molecule has 0 aliphatic carbocycles. The van der Waals surface area contributed by atoms with E-state index in [1.165, 1.54) is 0 Å². The summed E-state index contributed by atoms with van der Waals surface area (Å²) >= 11 is 0. The SMILES string of the molecule is Cn1cc2c(n1)C(=O)NCC/C=C\CCn1cc(cn1)-c1cccc(n1)CN2. The lowest BCUT2D eigenvalue weighted by atomic mass is 10.2. The predicted octanol–water partition coefficient (Wildman–Crippen LogP) is 2.37. The fourth-order valence-corrected chi connectivity index (χ4v) is 3.12. The van der Waals surface area contributed by atoms with E-state index in [-0.39, 0.29) is 5.91 Å². The molecule has 4 rings (SSSR count). The van der Waals surface area contributed by atoms with Crippen molar-refractivity contribution in [3.8, 4) is 11.3 Å². The molecule has 0 fully saturated rings. The van der Waals surface area contributed by atoms with Crippen LogP contribution in [0.4, 0.5) is 5.69 Å². The summed E-state index contributed by atoms with van der Waals surface area (Å²) in [6.45, 7) is 1.87. The number of carbonyl (C=O) groups is 1. The molecule has 0 saturated heterocycles. The van der Waals surface area contributed by atoms with Crippen molar-refractivity contribution in [1.82, 2.24) is 29.9 Å². The largest absolute Gasteiger partial charge is 0.376 e. The quantitative estimate of drug-likeness (QED) is 0.587. The number of aromatic nitrogens is 5. The van der Waals surface area contributed by atoms with Crippen LogP contribution in [0.2, 0.25) is 0 Å². The highest BCUT2D eigenvalue weighted by molar-refractivity contribution is 5.97. The zero-order valence-corrected chi connectivity index (χ0v) is 15.8. The van der Waals surface area contributed by atoms with Gasteiger partial charge in [0.25, 0.3) is 5.91 Å². The summed E-state index contributed by atoms with van der Waals surface area (Å²) < 4.78 is 3.57. The molecule has 0 unspecified atom stereocenters. The zero-order valence-electron chi connectivity index (χ0n) is 15.8. The highest BCUT2D eigenvalue weighted by Crippen LogP contribution is 2.18. The number of hydrogen-bond acceptors (Lipinski definition) is 5. The monoisotopic (exact) mass is 377 g/mol. The van der Waals surface area contributed by atoms with Gasteiger partial charge in [0.05, 0.1) is 29.8 Å². The summed E-state index contributed by atoms with van der Waals surface area (Å²) in [5, 5.41) is 14.9. The van der Waals surface area contributed by atoms with Crippen molar-refractivity contribution in [3.05, 3.63) is 60.3 Å². The predicted molar refractivity (Wildman–Crippen MR) is 107 cm³/mol. The Kier molecular flexibility index (Phi) is 5.18. The van der Waals surface area contributed by atoms with Crippen molar-refractivity contribution in [2.24, 2.45) is 7.05 Å². The van der Waals surface area contributed by atoms with E-state index in [0.29, 0.717) is 24.5 Å². The minimum absolute atomic E-state index is 0.179. The highest BCUT2D eigenvalue weighted by Gasteiger charge is 2.16. The molecule has 0 saturated carbocycles. The number of anilines is 1. The maximum absolute atomic E-state index is 12.5. The summed E-state index contributed by atoms with van der Waals surface area (Å²) in [5.74, 6) is -0.179. The number of aryl methyl sites for hydroxylation is 2. The Morgan fingerprint density at radius 1 is 1.11 bits per heavy atom. The Labute approximate surface area is 163 Å². The van der Waals surface area contributed by atoms with E-state index in [1.54, 1.807) is 17.9 Å². The van der Waals surface area contributed by atoms with Gasteiger partial charge in [0.15, 0.2) is 5.69 Å². The first-order valence-corrected chi connectivity index (χ1v) is 9.38. The Morgan fingerprint density at radius 2 is 2.00 bits per heavy atom. The number of hydrogen-bond donors (Lipinski definition) is 2. The average Bonchev–Trinajstić information content (AvgIpc) is 3.31. The van der Waals surface area contributed by atoms with Crippen LogP contribution in [0.15, 0.2) is 48.9 Å². The molecule has 3 aromatic heterocycles. The molecular weight excluding hydrogens is 354 g/mol. The average molecular weight is 377 g/mol. The van der Waals surface area contributed by atoms with E-state index in [2.05, 4.69) is 33.0 Å². The second kappa shape index (κ2) is 8.08. The molecule has 4 heterocycles. The number of nitrogens with zero attached hydrogens (tertiary/aromatic N) is 5. The maximum atomic E-state index is 12.5. The van der Waals surface area contributed by atoms with Gasteiger partial charge in [0.1, 0.15) is 0 Å². The Morgan fingerprint density at radius 3 is 2.93 bits per heavy atom. The normalized spacial score (nSPS) is 16.2. The van der Waals surface area contributed by atoms with Gasteiger partial charge in [-0.2, -0.15) is 10.2 Å². The smallest absolute Gasteiger partial charge is 0.273 e. The molecule has 0 spiro atoms. The molecule has 28 heavy (non-hydrogen) atoms. The van der Waals surface area contributed by atoms with Crippen LogP contribution in [0.25, 0.3) is 11.3 Å². The van der Waals surface area contributed by atoms with Crippen LogP contribution >= 0.6 is 0 Å². The highest BCUT2D eigenvalue weighted by atomic mass is 16.2. The van der Waals surface area contributed by atoms with E-state index >= 15 is 0 Å². The van der Waals surface area contributed by atoms with Gasteiger partial charge in [-0.3, -0.25) is 19.1 Å². The van der Waals surface area contributed by atoms with Crippen molar-refractivity contribution in [3.63, 3.8) is 0 Å². The molecule has 144 valence electrons. The molecule has 8 nitrogen and oxygen atoms in total. The molecule has 1 amide bonds. The third kappa shape index (κ3) is 4.11. The Bertz CT molecular complexity index is 1000. The van der Waals surface area contributed by atoms with Crippen LogP contribution in [-0.4, -0.2) is 37.0 Å². The summed E-state index contributed by atoms with van der Waals surface area (Å²) in [6, 6.07) is 5.92. The first-order chi connectivity index (χ1) is 13.7. The maximum Gasteiger partial charge on any atom is 0.273 e. The van der Waals surface area contributed by atoms with Crippen molar-refractivity contribution >= 4 is 11.6 Å². The lowest BCUT2D eigenvalue weighted by Crippen LogP contribution is -2.25. The van der Waals surface area contributed by atoms with Crippen LogP contribution in [0.1, 0.15) is 29.0 Å². The van der Waals surface area contributed by atoms with Crippen LogP contribution in [0.3, 0.4) is 0 Å². The number of fused-ring (bicyclic) bond motifs is 6. The van der Waals surface area contributed by atoms with Gasteiger partial charge in [-0.05, 0) is 25.0 Å². The van der Waals surface area contributed by atoms with Crippen molar-refractivity contribution in [2.75, 3.05) is 11.9 Å². The van der Waals surface area contributed by atoms with Crippen molar-refractivity contribution < 1.29 is 4.79 Å². The zero-order chi connectivity index (χ0) is 19.3. The van der Waals surface area contributed by atoms with Crippen LogP contribution in [-0.2, 0) is 20.1 Å². The molecule has 1 aliphatic rings. The summed E-state index contributed by atoms with van der Waals surface area (Å²) in [5.41, 5.74) is 3.84. The third-order valence-electron chi connectivity index (χ3n) is 4.53. The van der Waals surface area contributed by atoms with Gasteiger partial charge < -0.3 is 10.6 Å². The van der Waals surface area contributed by atoms with E-state index in [9.17, 15) is 4.79 Å². The van der Waals surface area contributed by atoms with E-state index < -0.39 is 0 Å². The molecule has 8 heteroatoms. The number of rotatable bonds is 0. The number of nitrogens with one attached hydrogen (secondary N) is 2. The molecule has 1 aliphatic heterocycles.